The van der Waals surface area contributed by atoms with Gasteiger partial charge in [-0.1, -0.05) is 6.92 Å². The highest BCUT2D eigenvalue weighted by molar-refractivity contribution is 5.87. The summed E-state index contributed by atoms with van der Waals surface area (Å²) in [5, 5.41) is 0. The average molecular weight is 271 g/mol. The Labute approximate surface area is 115 Å². The Kier molecular flexibility index (Phi) is 6.28. The fraction of sp³-hybridized carbons (Fsp3) is 0.857. The van der Waals surface area contributed by atoms with Crippen molar-refractivity contribution in [1.82, 2.24) is 4.90 Å². The first kappa shape index (κ1) is 16.0. The third-order valence-electron chi connectivity index (χ3n) is 3.69. The van der Waals surface area contributed by atoms with Crippen LogP contribution in [0.4, 0.5) is 0 Å². The molecule has 0 aromatic rings. The molecule has 0 N–H and O–H groups in total. The van der Waals surface area contributed by atoms with Crippen LogP contribution in [0.15, 0.2) is 0 Å². The van der Waals surface area contributed by atoms with Crippen LogP contribution in [0.3, 0.4) is 0 Å². The van der Waals surface area contributed by atoms with E-state index < -0.39 is 5.41 Å². The van der Waals surface area contributed by atoms with Gasteiger partial charge in [0, 0.05) is 33.2 Å². The summed E-state index contributed by atoms with van der Waals surface area (Å²) in [4.78, 5) is 26.2. The molecular formula is C14H25NO4. The number of amides is 1. The Bertz CT molecular complexity index is 319. The lowest BCUT2D eigenvalue weighted by Crippen LogP contribution is -2.49. The van der Waals surface area contributed by atoms with Gasteiger partial charge in [0.15, 0.2) is 0 Å². The van der Waals surface area contributed by atoms with E-state index >= 15 is 0 Å². The number of ether oxygens (including phenoxy) is 2. The van der Waals surface area contributed by atoms with Crippen molar-refractivity contribution in [3.05, 3.63) is 0 Å². The van der Waals surface area contributed by atoms with Crippen LogP contribution in [0.1, 0.15) is 39.5 Å². The molecule has 0 bridgehead atoms. The zero-order chi connectivity index (χ0) is 14.3. The van der Waals surface area contributed by atoms with E-state index in [2.05, 4.69) is 0 Å². The Morgan fingerprint density at radius 1 is 1.42 bits per heavy atom. The van der Waals surface area contributed by atoms with Crippen molar-refractivity contribution < 1.29 is 19.1 Å². The minimum absolute atomic E-state index is 0.0530. The first-order chi connectivity index (χ1) is 9.09. The molecule has 1 aliphatic rings. The van der Waals surface area contributed by atoms with Crippen LogP contribution in [-0.4, -0.2) is 50.2 Å². The topological polar surface area (TPSA) is 55.8 Å². The molecule has 1 atom stereocenters. The van der Waals surface area contributed by atoms with Gasteiger partial charge in [-0.15, -0.1) is 0 Å². The summed E-state index contributed by atoms with van der Waals surface area (Å²) in [6.07, 6.45) is 2.40. The predicted molar refractivity (Wildman–Crippen MR) is 71.7 cm³/mol. The zero-order valence-electron chi connectivity index (χ0n) is 12.2. The Morgan fingerprint density at radius 2 is 2.16 bits per heavy atom. The molecule has 1 aliphatic heterocycles. The monoisotopic (exact) mass is 271 g/mol. The Hall–Kier alpha value is -1.10. The Balaban J connectivity index is 2.77. The molecule has 0 aromatic heterocycles. The number of hydrogen-bond acceptors (Lipinski definition) is 4. The first-order valence-corrected chi connectivity index (χ1v) is 7.03. The van der Waals surface area contributed by atoms with Gasteiger partial charge in [0.1, 0.15) is 0 Å². The zero-order valence-corrected chi connectivity index (χ0v) is 12.2. The number of piperidine rings is 1. The highest BCUT2D eigenvalue weighted by Crippen LogP contribution is 2.37. The van der Waals surface area contributed by atoms with Crippen molar-refractivity contribution in [3.63, 3.8) is 0 Å². The number of carbonyl (C=O) groups excluding carboxylic acids is 2. The molecule has 5 nitrogen and oxygen atoms in total. The number of likely N-dealkylation sites (tertiary alicyclic amines) is 1. The lowest BCUT2D eigenvalue weighted by atomic mass is 9.75. The lowest BCUT2D eigenvalue weighted by Gasteiger charge is -2.39. The second-order valence-electron chi connectivity index (χ2n) is 5.05. The molecule has 110 valence electrons. The molecule has 1 unspecified atom stereocenters. The molecule has 0 radical (unpaired) electrons. The fourth-order valence-electron chi connectivity index (χ4n) is 2.54. The van der Waals surface area contributed by atoms with Gasteiger partial charge in [-0.25, -0.2) is 0 Å². The summed E-state index contributed by atoms with van der Waals surface area (Å²) >= 11 is 0. The summed E-state index contributed by atoms with van der Waals surface area (Å²) in [5.74, 6) is -0.200. The van der Waals surface area contributed by atoms with Gasteiger partial charge in [0.05, 0.1) is 12.0 Å². The Morgan fingerprint density at radius 3 is 2.68 bits per heavy atom. The van der Waals surface area contributed by atoms with Crippen molar-refractivity contribution in [2.75, 3.05) is 33.4 Å². The van der Waals surface area contributed by atoms with E-state index in [0.717, 1.165) is 13.0 Å². The molecule has 1 fully saturated rings. The lowest BCUT2D eigenvalue weighted by molar-refractivity contribution is -0.165. The van der Waals surface area contributed by atoms with Gasteiger partial charge in [-0.2, -0.15) is 0 Å². The summed E-state index contributed by atoms with van der Waals surface area (Å²) in [5.41, 5.74) is -0.687. The number of carbonyl (C=O) groups is 2. The molecule has 1 saturated heterocycles. The van der Waals surface area contributed by atoms with Crippen LogP contribution >= 0.6 is 0 Å². The van der Waals surface area contributed by atoms with Crippen LogP contribution in [0.5, 0.6) is 0 Å². The molecule has 0 saturated carbocycles. The third-order valence-corrected chi connectivity index (χ3v) is 3.69. The maximum Gasteiger partial charge on any atom is 0.312 e. The van der Waals surface area contributed by atoms with Gasteiger partial charge in [-0.3, -0.25) is 9.59 Å². The quantitative estimate of drug-likeness (QED) is 0.660. The summed E-state index contributed by atoms with van der Waals surface area (Å²) in [6, 6.07) is 0. The maximum atomic E-state index is 12.2. The highest BCUT2D eigenvalue weighted by Gasteiger charge is 2.45. The molecule has 1 heterocycles. The number of hydrogen-bond donors (Lipinski definition) is 0. The van der Waals surface area contributed by atoms with Gasteiger partial charge in [0.2, 0.25) is 5.91 Å². The van der Waals surface area contributed by atoms with Gasteiger partial charge < -0.3 is 14.4 Å². The summed E-state index contributed by atoms with van der Waals surface area (Å²) in [6.45, 7) is 6.05. The molecule has 1 amide bonds. The normalized spacial score (nSPS) is 23.5. The molecule has 5 heteroatoms. The van der Waals surface area contributed by atoms with Crippen molar-refractivity contribution >= 4 is 11.9 Å². The molecule has 0 aromatic carbocycles. The van der Waals surface area contributed by atoms with Crippen LogP contribution in [0.25, 0.3) is 0 Å². The highest BCUT2D eigenvalue weighted by atomic mass is 16.5. The van der Waals surface area contributed by atoms with E-state index in [-0.39, 0.29) is 18.3 Å². The minimum Gasteiger partial charge on any atom is -0.466 e. The van der Waals surface area contributed by atoms with E-state index in [1.54, 1.807) is 14.0 Å². The second kappa shape index (κ2) is 7.48. The van der Waals surface area contributed by atoms with Crippen LogP contribution in [0, 0.1) is 5.41 Å². The molecule has 19 heavy (non-hydrogen) atoms. The molecule has 0 aliphatic carbocycles. The van der Waals surface area contributed by atoms with Crippen molar-refractivity contribution in [3.8, 4) is 0 Å². The van der Waals surface area contributed by atoms with Crippen LogP contribution in [-0.2, 0) is 19.1 Å². The number of nitrogens with zero attached hydrogens (tertiary/aromatic N) is 1. The summed E-state index contributed by atoms with van der Waals surface area (Å²) < 4.78 is 10.2. The van der Waals surface area contributed by atoms with Crippen LogP contribution in [0.2, 0.25) is 0 Å². The first-order valence-electron chi connectivity index (χ1n) is 7.03. The van der Waals surface area contributed by atoms with Crippen molar-refractivity contribution in [2.45, 2.75) is 39.5 Å². The van der Waals surface area contributed by atoms with Gasteiger partial charge in [0.25, 0.3) is 0 Å². The number of rotatable bonds is 7. The summed E-state index contributed by atoms with van der Waals surface area (Å²) in [7, 11) is 1.60. The van der Waals surface area contributed by atoms with Gasteiger partial charge >= 0.3 is 5.97 Å². The maximum absolute atomic E-state index is 12.2. The van der Waals surface area contributed by atoms with E-state index in [4.69, 9.17) is 9.47 Å². The fourth-order valence-corrected chi connectivity index (χ4v) is 2.54. The van der Waals surface area contributed by atoms with E-state index in [0.29, 0.717) is 32.6 Å². The van der Waals surface area contributed by atoms with Crippen LogP contribution < -0.4 is 0 Å². The van der Waals surface area contributed by atoms with Gasteiger partial charge in [-0.05, 0) is 26.2 Å². The SMILES string of the molecule is CCCN1CCC(CCOC)(C(=O)OCC)CC1=O. The van der Waals surface area contributed by atoms with Crippen molar-refractivity contribution in [2.24, 2.45) is 5.41 Å². The minimum atomic E-state index is -0.687. The van der Waals surface area contributed by atoms with E-state index in [9.17, 15) is 9.59 Å². The molecule has 0 spiro atoms. The largest absolute Gasteiger partial charge is 0.466 e. The number of esters is 1. The smallest absolute Gasteiger partial charge is 0.312 e. The third kappa shape index (κ3) is 3.93. The number of methoxy groups -OCH3 is 1. The predicted octanol–water partition coefficient (Wildman–Crippen LogP) is 1.60. The second-order valence-corrected chi connectivity index (χ2v) is 5.05. The van der Waals surface area contributed by atoms with Crippen molar-refractivity contribution in [1.29, 1.82) is 0 Å². The van der Waals surface area contributed by atoms with E-state index in [1.165, 1.54) is 0 Å². The molecule has 1 rings (SSSR count). The average Bonchev–Trinajstić information content (AvgIpc) is 2.40. The van der Waals surface area contributed by atoms with E-state index in [1.807, 2.05) is 11.8 Å². The standard InChI is InChI=1S/C14H25NO4/c1-4-8-15-9-6-14(7-10-18-3,11-12(15)16)13(17)19-5-2/h4-11H2,1-3H3. The molecular weight excluding hydrogens is 246 g/mol.